The molecule has 0 aliphatic carbocycles. The van der Waals surface area contributed by atoms with Crippen molar-refractivity contribution < 1.29 is 14.3 Å². The first-order valence-electron chi connectivity index (χ1n) is 6.59. The van der Waals surface area contributed by atoms with E-state index in [1.807, 2.05) is 5.38 Å². The van der Waals surface area contributed by atoms with Crippen LogP contribution in [0, 0.1) is 0 Å². The molecule has 0 saturated carbocycles. The van der Waals surface area contributed by atoms with Gasteiger partial charge < -0.3 is 14.8 Å². The lowest BCUT2D eigenvalue weighted by atomic mass is 10.2. The summed E-state index contributed by atoms with van der Waals surface area (Å²) < 4.78 is 9.88. The fourth-order valence-corrected chi connectivity index (χ4v) is 2.31. The number of nitrogens with one attached hydrogen (secondary N) is 1. The molecule has 0 aromatic carbocycles. The minimum Gasteiger partial charge on any atom is -0.466 e. The number of anilines is 1. The molecule has 1 N–H and O–H groups in total. The topological polar surface area (TPSA) is 60.5 Å². The van der Waals surface area contributed by atoms with Crippen molar-refractivity contribution in [2.24, 2.45) is 0 Å². The van der Waals surface area contributed by atoms with E-state index in [2.05, 4.69) is 10.3 Å². The number of hydrogen-bond acceptors (Lipinski definition) is 6. The Balaban J connectivity index is 2.18. The van der Waals surface area contributed by atoms with Gasteiger partial charge in [-0.2, -0.15) is 0 Å². The van der Waals surface area contributed by atoms with E-state index in [0.29, 0.717) is 6.61 Å². The Labute approximate surface area is 118 Å². The zero-order valence-corrected chi connectivity index (χ0v) is 12.4. The monoisotopic (exact) mass is 286 g/mol. The molecule has 0 spiro atoms. The zero-order chi connectivity index (χ0) is 13.9. The van der Waals surface area contributed by atoms with Gasteiger partial charge >= 0.3 is 5.97 Å². The molecule has 1 heterocycles. The number of carbonyl (C=O) groups is 1. The second-order valence-electron chi connectivity index (χ2n) is 4.11. The third-order valence-corrected chi connectivity index (χ3v) is 3.33. The molecule has 0 amide bonds. The highest BCUT2D eigenvalue weighted by Gasteiger charge is 2.07. The molecule has 1 aromatic rings. The first kappa shape index (κ1) is 15.9. The van der Waals surface area contributed by atoms with Crippen molar-refractivity contribution in [2.45, 2.75) is 32.6 Å². The number of esters is 1. The molecular weight excluding hydrogens is 264 g/mol. The van der Waals surface area contributed by atoms with Crippen LogP contribution in [0.25, 0.3) is 0 Å². The van der Waals surface area contributed by atoms with Crippen LogP contribution in [0.2, 0.25) is 0 Å². The van der Waals surface area contributed by atoms with Crippen molar-refractivity contribution in [3.63, 3.8) is 0 Å². The van der Waals surface area contributed by atoms with Crippen molar-refractivity contribution >= 4 is 22.4 Å². The van der Waals surface area contributed by atoms with E-state index in [-0.39, 0.29) is 12.4 Å². The highest BCUT2D eigenvalue weighted by molar-refractivity contribution is 7.13. The molecule has 0 fully saturated rings. The second-order valence-corrected chi connectivity index (χ2v) is 4.96. The average Bonchev–Trinajstić information content (AvgIpc) is 2.81. The third kappa shape index (κ3) is 7.12. The summed E-state index contributed by atoms with van der Waals surface area (Å²) in [5.74, 6) is -0.223. The van der Waals surface area contributed by atoms with Gasteiger partial charge in [0.1, 0.15) is 0 Å². The smallest absolute Gasteiger partial charge is 0.311 e. The molecule has 5 nitrogen and oxygen atoms in total. The number of aromatic nitrogens is 1. The molecular formula is C13H22N2O3S. The first-order valence-corrected chi connectivity index (χ1v) is 7.47. The van der Waals surface area contributed by atoms with Crippen LogP contribution < -0.4 is 5.32 Å². The summed E-state index contributed by atoms with van der Waals surface area (Å²) in [5.41, 5.74) is 0.769. The number of ether oxygens (including phenoxy) is 2. The van der Waals surface area contributed by atoms with Gasteiger partial charge in [0.2, 0.25) is 0 Å². The van der Waals surface area contributed by atoms with Crippen molar-refractivity contribution in [3.8, 4) is 0 Å². The van der Waals surface area contributed by atoms with Crippen LogP contribution in [0.3, 0.4) is 0 Å². The molecule has 108 valence electrons. The normalized spacial score (nSPS) is 10.4. The Bertz CT molecular complexity index is 369. The fourth-order valence-electron chi connectivity index (χ4n) is 1.57. The maximum Gasteiger partial charge on any atom is 0.311 e. The van der Waals surface area contributed by atoms with Crippen LogP contribution in [0.1, 0.15) is 31.9 Å². The van der Waals surface area contributed by atoms with Crippen LogP contribution in [0.4, 0.5) is 5.13 Å². The Hall–Kier alpha value is -1.14. The van der Waals surface area contributed by atoms with Crippen LogP contribution in [0.15, 0.2) is 5.38 Å². The van der Waals surface area contributed by atoms with E-state index in [1.54, 1.807) is 14.0 Å². The summed E-state index contributed by atoms with van der Waals surface area (Å²) in [7, 11) is 1.72. The molecule has 0 bridgehead atoms. The zero-order valence-electron chi connectivity index (χ0n) is 11.6. The van der Waals surface area contributed by atoms with Gasteiger partial charge in [-0.05, 0) is 26.2 Å². The van der Waals surface area contributed by atoms with Crippen LogP contribution in [-0.4, -0.2) is 37.8 Å². The number of unbranched alkanes of at least 4 members (excludes halogenated alkanes) is 2. The standard InChI is InChI=1S/C13H22N2O3S/c1-3-18-12(16)9-11-10-19-13(15-11)14-7-5-4-6-8-17-2/h10H,3-9H2,1-2H3,(H,14,15). The van der Waals surface area contributed by atoms with E-state index in [9.17, 15) is 4.79 Å². The van der Waals surface area contributed by atoms with Gasteiger partial charge in [-0.25, -0.2) is 4.98 Å². The summed E-state index contributed by atoms with van der Waals surface area (Å²) in [5, 5.41) is 6.02. The van der Waals surface area contributed by atoms with E-state index in [0.717, 1.165) is 43.2 Å². The molecule has 0 aliphatic rings. The van der Waals surface area contributed by atoms with Gasteiger partial charge in [0.15, 0.2) is 5.13 Å². The SMILES string of the molecule is CCOC(=O)Cc1csc(NCCCCCOC)n1. The predicted octanol–water partition coefficient (Wildman–Crippen LogP) is 2.48. The number of nitrogens with zero attached hydrogens (tertiary/aromatic N) is 1. The fraction of sp³-hybridized carbons (Fsp3) is 0.692. The van der Waals surface area contributed by atoms with E-state index < -0.39 is 0 Å². The number of hydrogen-bond donors (Lipinski definition) is 1. The molecule has 0 unspecified atom stereocenters. The Morgan fingerprint density at radius 1 is 1.42 bits per heavy atom. The summed E-state index contributed by atoms with van der Waals surface area (Å²) in [6.45, 7) is 3.93. The highest BCUT2D eigenvalue weighted by atomic mass is 32.1. The van der Waals surface area contributed by atoms with Crippen LogP contribution in [0.5, 0.6) is 0 Å². The minimum absolute atomic E-state index is 0.223. The van der Waals surface area contributed by atoms with Crippen molar-refractivity contribution in [1.29, 1.82) is 0 Å². The first-order chi connectivity index (χ1) is 9.26. The lowest BCUT2D eigenvalue weighted by molar-refractivity contribution is -0.142. The van der Waals surface area contributed by atoms with Crippen molar-refractivity contribution in [3.05, 3.63) is 11.1 Å². The lowest BCUT2D eigenvalue weighted by Gasteiger charge is -2.02. The predicted molar refractivity (Wildman–Crippen MR) is 76.7 cm³/mol. The maximum absolute atomic E-state index is 11.3. The van der Waals surface area contributed by atoms with Gasteiger partial charge in [-0.1, -0.05) is 0 Å². The Morgan fingerprint density at radius 2 is 2.26 bits per heavy atom. The van der Waals surface area contributed by atoms with Crippen molar-refractivity contribution in [1.82, 2.24) is 4.98 Å². The lowest BCUT2D eigenvalue weighted by Crippen LogP contribution is -2.08. The third-order valence-electron chi connectivity index (χ3n) is 2.48. The van der Waals surface area contributed by atoms with Gasteiger partial charge in [0.25, 0.3) is 0 Å². The van der Waals surface area contributed by atoms with E-state index in [4.69, 9.17) is 9.47 Å². The van der Waals surface area contributed by atoms with Gasteiger partial charge in [0.05, 0.1) is 18.7 Å². The van der Waals surface area contributed by atoms with Crippen molar-refractivity contribution in [2.75, 3.05) is 32.2 Å². The molecule has 0 aliphatic heterocycles. The second kappa shape index (κ2) is 9.75. The molecule has 0 radical (unpaired) electrons. The molecule has 19 heavy (non-hydrogen) atoms. The molecule has 1 rings (SSSR count). The number of methoxy groups -OCH3 is 1. The maximum atomic E-state index is 11.3. The summed E-state index contributed by atoms with van der Waals surface area (Å²) >= 11 is 1.52. The number of rotatable bonds is 10. The summed E-state index contributed by atoms with van der Waals surface area (Å²) in [6.07, 6.45) is 3.57. The summed E-state index contributed by atoms with van der Waals surface area (Å²) in [6, 6.07) is 0. The average molecular weight is 286 g/mol. The Morgan fingerprint density at radius 3 is 3.00 bits per heavy atom. The molecule has 0 saturated heterocycles. The minimum atomic E-state index is -0.223. The van der Waals surface area contributed by atoms with Gasteiger partial charge in [0, 0.05) is 25.6 Å². The molecule has 0 atom stereocenters. The number of carbonyl (C=O) groups excluding carboxylic acids is 1. The Kier molecular flexibility index (Phi) is 8.16. The molecule has 6 heteroatoms. The van der Waals surface area contributed by atoms with Crippen LogP contribution in [-0.2, 0) is 20.7 Å². The highest BCUT2D eigenvalue weighted by Crippen LogP contribution is 2.16. The van der Waals surface area contributed by atoms with E-state index >= 15 is 0 Å². The molecule has 1 aromatic heterocycles. The largest absolute Gasteiger partial charge is 0.466 e. The summed E-state index contributed by atoms with van der Waals surface area (Å²) in [4.78, 5) is 15.6. The number of thiazole rings is 1. The van der Waals surface area contributed by atoms with Crippen LogP contribution >= 0.6 is 11.3 Å². The van der Waals surface area contributed by atoms with Gasteiger partial charge in [-0.3, -0.25) is 4.79 Å². The quantitative estimate of drug-likeness (QED) is 0.529. The van der Waals surface area contributed by atoms with E-state index in [1.165, 1.54) is 11.3 Å². The van der Waals surface area contributed by atoms with Gasteiger partial charge in [-0.15, -0.1) is 11.3 Å².